The van der Waals surface area contributed by atoms with Gasteiger partial charge in [0.15, 0.2) is 0 Å². The zero-order chi connectivity index (χ0) is 22.4. The number of rotatable bonds is 9. The summed E-state index contributed by atoms with van der Waals surface area (Å²) in [5.41, 5.74) is 3.15. The molecule has 31 heavy (non-hydrogen) atoms. The summed E-state index contributed by atoms with van der Waals surface area (Å²) < 4.78 is 16.7. The van der Waals surface area contributed by atoms with E-state index in [0.29, 0.717) is 29.0 Å². The van der Waals surface area contributed by atoms with Crippen LogP contribution >= 0.6 is 11.8 Å². The number of hydrogen-bond donors (Lipinski definition) is 1. The number of thioether (sulfide) groups is 1. The van der Waals surface area contributed by atoms with Crippen molar-refractivity contribution in [2.75, 3.05) is 38.5 Å². The molecule has 2 heterocycles. The molecule has 0 saturated heterocycles. The highest BCUT2D eigenvalue weighted by Gasteiger charge is 2.35. The lowest BCUT2D eigenvalue weighted by Gasteiger charge is -2.28. The first-order chi connectivity index (χ1) is 15.0. The van der Waals surface area contributed by atoms with Crippen LogP contribution in [-0.4, -0.2) is 59.9 Å². The molecule has 10 heteroatoms. The summed E-state index contributed by atoms with van der Waals surface area (Å²) in [4.78, 5) is 28.9. The van der Waals surface area contributed by atoms with Crippen LogP contribution in [0, 0.1) is 0 Å². The number of ether oxygens (including phenoxy) is 3. The van der Waals surface area contributed by atoms with Gasteiger partial charge in [0.2, 0.25) is 11.1 Å². The maximum Gasteiger partial charge on any atom is 0.338 e. The molecular formula is C21H26N4O5S. The Bertz CT molecular complexity index is 971. The van der Waals surface area contributed by atoms with Gasteiger partial charge in [-0.2, -0.15) is 4.98 Å². The van der Waals surface area contributed by atoms with Crippen LogP contribution in [-0.2, 0) is 30.2 Å². The van der Waals surface area contributed by atoms with E-state index in [4.69, 9.17) is 9.47 Å². The van der Waals surface area contributed by atoms with Gasteiger partial charge in [-0.1, -0.05) is 43.0 Å². The molecule has 1 atom stereocenters. The van der Waals surface area contributed by atoms with E-state index in [9.17, 15) is 9.59 Å². The molecular weight excluding hydrogens is 420 g/mol. The molecule has 0 saturated carbocycles. The minimum atomic E-state index is -0.517. The fourth-order valence-electron chi connectivity index (χ4n) is 3.18. The predicted octanol–water partition coefficient (Wildman–Crippen LogP) is 2.58. The highest BCUT2D eigenvalue weighted by Crippen LogP contribution is 2.36. The second kappa shape index (κ2) is 10.5. The fourth-order valence-corrected chi connectivity index (χ4v) is 3.84. The van der Waals surface area contributed by atoms with E-state index in [0.717, 1.165) is 12.0 Å². The first kappa shape index (κ1) is 22.8. The second-order valence-corrected chi connectivity index (χ2v) is 7.76. The number of aromatic nitrogens is 3. The zero-order valence-corrected chi connectivity index (χ0v) is 18.8. The maximum atomic E-state index is 13.0. The Morgan fingerprint density at radius 2 is 1.94 bits per heavy atom. The topological polar surface area (TPSA) is 105 Å². The van der Waals surface area contributed by atoms with Crippen molar-refractivity contribution in [3.8, 4) is 0 Å². The summed E-state index contributed by atoms with van der Waals surface area (Å²) in [5.74, 6) is -0.234. The van der Waals surface area contributed by atoms with E-state index in [1.807, 2.05) is 24.3 Å². The molecule has 166 valence electrons. The molecule has 3 rings (SSSR count). The van der Waals surface area contributed by atoms with E-state index in [-0.39, 0.29) is 18.3 Å². The lowest BCUT2D eigenvalue weighted by Crippen LogP contribution is -2.30. The molecule has 9 nitrogen and oxygen atoms in total. The van der Waals surface area contributed by atoms with Gasteiger partial charge in [-0.15, -0.1) is 5.10 Å². The monoisotopic (exact) mass is 446 g/mol. The largest absolute Gasteiger partial charge is 0.468 e. The molecule has 1 aliphatic heterocycles. The summed E-state index contributed by atoms with van der Waals surface area (Å²) in [5, 5.41) is 8.09. The van der Waals surface area contributed by atoms with Crippen LogP contribution in [0.3, 0.4) is 0 Å². The average molecular weight is 447 g/mol. The summed E-state index contributed by atoms with van der Waals surface area (Å²) in [6.45, 7) is 4.35. The number of carbonyl (C=O) groups is 2. The summed E-state index contributed by atoms with van der Waals surface area (Å²) in [6, 6.07) is 7.51. The first-order valence-corrected chi connectivity index (χ1v) is 10.9. The van der Waals surface area contributed by atoms with Crippen LogP contribution in [0.4, 0.5) is 5.95 Å². The van der Waals surface area contributed by atoms with E-state index in [2.05, 4.69) is 27.1 Å². The lowest BCUT2D eigenvalue weighted by atomic mass is 9.95. The molecule has 0 bridgehead atoms. The molecule has 0 spiro atoms. The average Bonchev–Trinajstić information content (AvgIpc) is 3.19. The smallest absolute Gasteiger partial charge is 0.338 e. The number of nitrogens with zero attached hydrogens (tertiary/aromatic N) is 3. The van der Waals surface area contributed by atoms with Crippen LogP contribution in [0.1, 0.15) is 31.0 Å². The highest BCUT2D eigenvalue weighted by molar-refractivity contribution is 7.99. The summed E-state index contributed by atoms with van der Waals surface area (Å²) in [6.07, 6.45) is 0.913. The van der Waals surface area contributed by atoms with Gasteiger partial charge in [0, 0.05) is 12.8 Å². The Labute approximate surface area is 185 Å². The molecule has 0 radical (unpaired) electrons. The van der Waals surface area contributed by atoms with Crippen molar-refractivity contribution < 1.29 is 23.8 Å². The number of esters is 2. The molecule has 1 unspecified atom stereocenters. The number of fused-ring (bicyclic) bond motifs is 1. The van der Waals surface area contributed by atoms with Crippen molar-refractivity contribution in [3.05, 3.63) is 46.7 Å². The van der Waals surface area contributed by atoms with E-state index >= 15 is 0 Å². The minimum Gasteiger partial charge on any atom is -0.468 e. The van der Waals surface area contributed by atoms with E-state index in [1.165, 1.54) is 24.4 Å². The molecule has 2 aromatic rings. The Kier molecular flexibility index (Phi) is 7.69. The first-order valence-electron chi connectivity index (χ1n) is 9.87. The third-order valence-corrected chi connectivity index (χ3v) is 5.64. The summed E-state index contributed by atoms with van der Waals surface area (Å²) >= 11 is 1.17. The molecule has 0 amide bonds. The van der Waals surface area contributed by atoms with Crippen molar-refractivity contribution in [1.29, 1.82) is 0 Å². The maximum absolute atomic E-state index is 13.0. The number of nitrogens with one attached hydrogen (secondary N) is 1. The van der Waals surface area contributed by atoms with Crippen molar-refractivity contribution in [2.24, 2.45) is 0 Å². The third-order valence-electron chi connectivity index (χ3n) is 4.82. The fraction of sp³-hybridized carbons (Fsp3) is 0.429. The zero-order valence-electron chi connectivity index (χ0n) is 18.0. The van der Waals surface area contributed by atoms with Gasteiger partial charge in [0.05, 0.1) is 25.0 Å². The van der Waals surface area contributed by atoms with E-state index in [1.54, 1.807) is 18.7 Å². The van der Waals surface area contributed by atoms with Gasteiger partial charge in [0.1, 0.15) is 12.6 Å². The Balaban J connectivity index is 1.98. The van der Waals surface area contributed by atoms with Gasteiger partial charge < -0.3 is 19.5 Å². The van der Waals surface area contributed by atoms with E-state index < -0.39 is 12.0 Å². The Hall–Kier alpha value is -2.85. The van der Waals surface area contributed by atoms with Gasteiger partial charge in [-0.3, -0.25) is 4.79 Å². The summed E-state index contributed by atoms with van der Waals surface area (Å²) in [7, 11) is 2.88. The molecule has 1 aliphatic rings. The molecule has 1 aromatic carbocycles. The minimum absolute atomic E-state index is 0.0914. The van der Waals surface area contributed by atoms with Gasteiger partial charge >= 0.3 is 11.9 Å². The van der Waals surface area contributed by atoms with Crippen LogP contribution < -0.4 is 5.32 Å². The van der Waals surface area contributed by atoms with Crippen molar-refractivity contribution >= 4 is 29.6 Å². The van der Waals surface area contributed by atoms with Crippen LogP contribution in [0.15, 0.2) is 40.7 Å². The van der Waals surface area contributed by atoms with Gasteiger partial charge in [-0.05, 0) is 24.5 Å². The standard InChI is InChI=1S/C21H26N4O5S/c1-5-14-6-8-15(9-7-14)18-17(19(27)30-11-10-28-3)13(2)22-20-23-21(24-25(18)20)31-12-16(26)29-4/h6-9,18H,5,10-12H2,1-4H3,(H,22,23,24). The number of anilines is 1. The quantitative estimate of drug-likeness (QED) is 0.353. The van der Waals surface area contributed by atoms with Gasteiger partial charge in [-0.25, -0.2) is 9.48 Å². The lowest BCUT2D eigenvalue weighted by molar-refractivity contribution is -0.141. The Morgan fingerprint density at radius 3 is 2.58 bits per heavy atom. The van der Waals surface area contributed by atoms with Gasteiger partial charge in [0.25, 0.3) is 0 Å². The number of hydrogen-bond acceptors (Lipinski definition) is 9. The number of benzene rings is 1. The van der Waals surface area contributed by atoms with Crippen LogP contribution in [0.2, 0.25) is 0 Å². The Morgan fingerprint density at radius 1 is 1.19 bits per heavy atom. The number of aryl methyl sites for hydroxylation is 1. The van der Waals surface area contributed by atoms with Crippen LogP contribution in [0.25, 0.3) is 0 Å². The molecule has 0 fully saturated rings. The second-order valence-electron chi connectivity index (χ2n) is 6.82. The molecule has 0 aliphatic carbocycles. The highest BCUT2D eigenvalue weighted by atomic mass is 32.2. The van der Waals surface area contributed by atoms with Crippen molar-refractivity contribution in [2.45, 2.75) is 31.5 Å². The predicted molar refractivity (Wildman–Crippen MR) is 116 cm³/mol. The number of carbonyl (C=O) groups excluding carboxylic acids is 2. The third kappa shape index (κ3) is 5.26. The molecule has 1 aromatic heterocycles. The van der Waals surface area contributed by atoms with Crippen LogP contribution in [0.5, 0.6) is 0 Å². The number of allylic oxidation sites excluding steroid dienone is 1. The SMILES string of the molecule is CCc1ccc(C2C(C(=O)OCCOC)=C(C)Nc3nc(SCC(=O)OC)nn32)cc1. The molecule has 1 N–H and O–H groups in total. The van der Waals surface area contributed by atoms with Crippen molar-refractivity contribution in [3.63, 3.8) is 0 Å². The van der Waals surface area contributed by atoms with Crippen molar-refractivity contribution in [1.82, 2.24) is 14.8 Å². The number of methoxy groups -OCH3 is 2. The normalized spacial score (nSPS) is 15.3.